The average Bonchev–Trinajstić information content (AvgIpc) is 3.13. The third-order valence-corrected chi connectivity index (χ3v) is 5.23. The predicted octanol–water partition coefficient (Wildman–Crippen LogP) is 4.57. The quantitative estimate of drug-likeness (QED) is 0.583. The van der Waals surface area contributed by atoms with Crippen LogP contribution in [0.2, 0.25) is 0 Å². The van der Waals surface area contributed by atoms with Gasteiger partial charge in [-0.3, -0.25) is 4.79 Å². The number of oxazole rings is 1. The molecule has 0 N–H and O–H groups in total. The lowest BCUT2D eigenvalue weighted by Gasteiger charge is -2.20. The van der Waals surface area contributed by atoms with Crippen molar-refractivity contribution in [2.75, 3.05) is 19.7 Å². The topological polar surface area (TPSA) is 72.6 Å². The fourth-order valence-corrected chi connectivity index (χ4v) is 3.60. The molecule has 0 saturated carbocycles. The maximum Gasteiger partial charge on any atom is 0.339 e. The number of carbonyl (C=O) groups is 2. The summed E-state index contributed by atoms with van der Waals surface area (Å²) in [7, 11) is 0. The Bertz CT molecular complexity index is 1000. The Balaban J connectivity index is 1.47. The molecule has 6 heteroatoms. The number of ether oxygens (including phenoxy) is 1. The van der Waals surface area contributed by atoms with E-state index in [1.165, 1.54) is 0 Å². The standard InChI is InChI=1S/C24H24N2O4/c27-22(26-14-8-1-2-9-15-26)17-29-24(28)20-13-7-6-12-19(20)23-25-16-21(30-23)18-10-4-3-5-11-18/h3-7,10-13,16H,1-2,8-9,14-15,17H2. The first-order valence-corrected chi connectivity index (χ1v) is 10.3. The van der Waals surface area contributed by atoms with Crippen molar-refractivity contribution in [1.29, 1.82) is 0 Å². The van der Waals surface area contributed by atoms with Gasteiger partial charge in [-0.25, -0.2) is 9.78 Å². The number of amides is 1. The first-order valence-electron chi connectivity index (χ1n) is 10.3. The zero-order valence-electron chi connectivity index (χ0n) is 16.8. The number of aromatic nitrogens is 1. The maximum atomic E-state index is 12.7. The highest BCUT2D eigenvalue weighted by molar-refractivity contribution is 5.97. The largest absolute Gasteiger partial charge is 0.452 e. The Hall–Kier alpha value is -3.41. The Morgan fingerprint density at radius 3 is 2.40 bits per heavy atom. The number of hydrogen-bond acceptors (Lipinski definition) is 5. The van der Waals surface area contributed by atoms with Crippen molar-refractivity contribution in [1.82, 2.24) is 9.88 Å². The molecular weight excluding hydrogens is 380 g/mol. The van der Waals surface area contributed by atoms with Gasteiger partial charge in [0.15, 0.2) is 12.4 Å². The van der Waals surface area contributed by atoms with Crippen LogP contribution in [0.5, 0.6) is 0 Å². The summed E-state index contributed by atoms with van der Waals surface area (Å²) in [4.78, 5) is 31.2. The zero-order valence-corrected chi connectivity index (χ0v) is 16.8. The lowest BCUT2D eigenvalue weighted by molar-refractivity contribution is -0.134. The van der Waals surface area contributed by atoms with Crippen LogP contribution >= 0.6 is 0 Å². The van der Waals surface area contributed by atoms with E-state index < -0.39 is 5.97 Å². The molecule has 0 bridgehead atoms. The number of nitrogens with zero attached hydrogens (tertiary/aromatic N) is 2. The number of carbonyl (C=O) groups excluding carboxylic acids is 2. The van der Waals surface area contributed by atoms with Crippen molar-refractivity contribution in [3.63, 3.8) is 0 Å². The van der Waals surface area contributed by atoms with Crippen molar-refractivity contribution in [2.24, 2.45) is 0 Å². The summed E-state index contributed by atoms with van der Waals surface area (Å²) in [6.45, 7) is 1.20. The van der Waals surface area contributed by atoms with E-state index in [0.717, 1.165) is 44.3 Å². The van der Waals surface area contributed by atoms with E-state index in [2.05, 4.69) is 4.98 Å². The summed E-state index contributed by atoms with van der Waals surface area (Å²) in [6.07, 6.45) is 5.90. The van der Waals surface area contributed by atoms with E-state index in [-0.39, 0.29) is 12.5 Å². The summed E-state index contributed by atoms with van der Waals surface area (Å²) in [5.41, 5.74) is 1.76. The van der Waals surface area contributed by atoms with E-state index in [1.807, 2.05) is 30.3 Å². The highest BCUT2D eigenvalue weighted by Gasteiger charge is 2.21. The van der Waals surface area contributed by atoms with Gasteiger partial charge in [-0.05, 0) is 25.0 Å². The van der Waals surface area contributed by atoms with Gasteiger partial charge < -0.3 is 14.1 Å². The monoisotopic (exact) mass is 404 g/mol. The highest BCUT2D eigenvalue weighted by Crippen LogP contribution is 2.28. The molecule has 0 aliphatic carbocycles. The van der Waals surface area contributed by atoms with Crippen molar-refractivity contribution in [3.8, 4) is 22.8 Å². The van der Waals surface area contributed by atoms with Crippen LogP contribution in [0.15, 0.2) is 65.2 Å². The van der Waals surface area contributed by atoms with Gasteiger partial charge in [-0.1, -0.05) is 55.3 Å². The van der Waals surface area contributed by atoms with E-state index in [0.29, 0.717) is 22.8 Å². The van der Waals surface area contributed by atoms with Gasteiger partial charge in [0.05, 0.1) is 17.3 Å². The molecule has 154 valence electrons. The molecule has 0 atom stereocenters. The third kappa shape index (κ3) is 4.59. The van der Waals surface area contributed by atoms with Crippen LogP contribution in [-0.4, -0.2) is 41.5 Å². The van der Waals surface area contributed by atoms with Crippen LogP contribution in [0.4, 0.5) is 0 Å². The van der Waals surface area contributed by atoms with Gasteiger partial charge in [0.1, 0.15) is 0 Å². The fraction of sp³-hybridized carbons (Fsp3) is 0.292. The molecular formula is C24H24N2O4. The van der Waals surface area contributed by atoms with Gasteiger partial charge in [0.2, 0.25) is 5.89 Å². The van der Waals surface area contributed by atoms with Gasteiger partial charge in [-0.15, -0.1) is 0 Å². The molecule has 6 nitrogen and oxygen atoms in total. The molecule has 4 rings (SSSR count). The summed E-state index contributed by atoms with van der Waals surface area (Å²) < 4.78 is 11.2. The first kappa shape index (κ1) is 19.9. The second-order valence-corrected chi connectivity index (χ2v) is 7.31. The molecule has 2 aromatic carbocycles. The number of esters is 1. The molecule has 2 heterocycles. The second kappa shape index (κ2) is 9.39. The lowest BCUT2D eigenvalue weighted by atomic mass is 10.1. The van der Waals surface area contributed by atoms with Gasteiger partial charge in [0.25, 0.3) is 5.91 Å². The van der Waals surface area contributed by atoms with Crippen LogP contribution in [0.1, 0.15) is 36.0 Å². The second-order valence-electron chi connectivity index (χ2n) is 7.31. The molecule has 1 amide bonds. The minimum Gasteiger partial charge on any atom is -0.452 e. The minimum absolute atomic E-state index is 0.148. The van der Waals surface area contributed by atoms with E-state index >= 15 is 0 Å². The Morgan fingerprint density at radius 1 is 0.933 bits per heavy atom. The molecule has 0 radical (unpaired) electrons. The Morgan fingerprint density at radius 2 is 1.63 bits per heavy atom. The highest BCUT2D eigenvalue weighted by atomic mass is 16.5. The maximum absolute atomic E-state index is 12.7. The van der Waals surface area contributed by atoms with Crippen LogP contribution < -0.4 is 0 Å². The number of likely N-dealkylation sites (tertiary alicyclic amines) is 1. The normalized spacial score (nSPS) is 14.2. The third-order valence-electron chi connectivity index (χ3n) is 5.23. The minimum atomic E-state index is -0.562. The Labute approximate surface area is 175 Å². The van der Waals surface area contributed by atoms with Gasteiger partial charge in [0, 0.05) is 18.7 Å². The average molecular weight is 404 g/mol. The van der Waals surface area contributed by atoms with Crippen molar-refractivity contribution in [2.45, 2.75) is 25.7 Å². The SMILES string of the molecule is O=C(OCC(=O)N1CCCCCC1)c1ccccc1-c1ncc(-c2ccccc2)o1. The zero-order chi connectivity index (χ0) is 20.8. The van der Waals surface area contributed by atoms with Crippen LogP contribution in [0.3, 0.4) is 0 Å². The van der Waals surface area contributed by atoms with Gasteiger partial charge >= 0.3 is 5.97 Å². The molecule has 0 spiro atoms. The molecule has 1 fully saturated rings. The predicted molar refractivity (Wildman–Crippen MR) is 113 cm³/mol. The molecule has 30 heavy (non-hydrogen) atoms. The summed E-state index contributed by atoms with van der Waals surface area (Å²) in [6, 6.07) is 16.6. The number of rotatable bonds is 5. The van der Waals surface area contributed by atoms with Crippen molar-refractivity contribution >= 4 is 11.9 Å². The number of hydrogen-bond donors (Lipinski definition) is 0. The van der Waals surface area contributed by atoms with Crippen molar-refractivity contribution in [3.05, 3.63) is 66.4 Å². The van der Waals surface area contributed by atoms with Crippen LogP contribution in [0.25, 0.3) is 22.8 Å². The number of benzene rings is 2. The molecule has 1 saturated heterocycles. The lowest BCUT2D eigenvalue weighted by Crippen LogP contribution is -2.35. The molecule has 1 aliphatic rings. The summed E-state index contributed by atoms with van der Waals surface area (Å²) >= 11 is 0. The Kier molecular flexibility index (Phi) is 6.23. The fourth-order valence-electron chi connectivity index (χ4n) is 3.60. The van der Waals surface area contributed by atoms with Gasteiger partial charge in [-0.2, -0.15) is 0 Å². The summed E-state index contributed by atoms with van der Waals surface area (Å²) in [5, 5.41) is 0. The molecule has 1 aromatic heterocycles. The van der Waals surface area contributed by atoms with Crippen LogP contribution in [0, 0.1) is 0 Å². The van der Waals surface area contributed by atoms with Crippen molar-refractivity contribution < 1.29 is 18.7 Å². The first-order chi connectivity index (χ1) is 14.7. The van der Waals surface area contributed by atoms with Crippen LogP contribution in [-0.2, 0) is 9.53 Å². The van der Waals surface area contributed by atoms with E-state index in [9.17, 15) is 9.59 Å². The van der Waals surface area contributed by atoms with E-state index in [1.54, 1.807) is 35.4 Å². The van der Waals surface area contributed by atoms with E-state index in [4.69, 9.17) is 9.15 Å². The summed E-state index contributed by atoms with van der Waals surface area (Å²) in [5.74, 6) is 0.240. The molecule has 3 aromatic rings. The smallest absolute Gasteiger partial charge is 0.339 e. The molecule has 0 unspecified atom stereocenters. The molecule has 1 aliphatic heterocycles.